The minimum atomic E-state index is 0. The number of fused-ring (bicyclic) bond motifs is 1. The summed E-state index contributed by atoms with van der Waals surface area (Å²) in [5.74, 6) is 1.04. The minimum Gasteiger partial charge on any atom is -0.493 e. The molecular weight excluding hydrogens is 220 g/mol. The molecule has 0 atom stereocenters. The lowest BCUT2D eigenvalue weighted by Crippen LogP contribution is -2.09. The van der Waals surface area contributed by atoms with Crippen molar-refractivity contribution in [3.8, 4) is 5.75 Å². The van der Waals surface area contributed by atoms with Crippen LogP contribution in [0.3, 0.4) is 0 Å². The molecule has 0 fully saturated rings. The van der Waals surface area contributed by atoms with Crippen LogP contribution in [-0.4, -0.2) is 6.61 Å². The number of hydrogen-bond donors (Lipinski definition) is 0. The molecule has 2 rings (SSSR count). The summed E-state index contributed by atoms with van der Waals surface area (Å²) in [5.41, 5.74) is 3.57. The summed E-state index contributed by atoms with van der Waals surface area (Å²) >= 11 is 0. The molecule has 0 aliphatic carbocycles. The van der Waals surface area contributed by atoms with Crippen molar-refractivity contribution >= 4 is 5.57 Å². The Labute approximate surface area is 110 Å². The lowest BCUT2D eigenvalue weighted by atomic mass is 9.97. The third-order valence-corrected chi connectivity index (χ3v) is 2.93. The van der Waals surface area contributed by atoms with Crippen LogP contribution in [0.25, 0.3) is 5.57 Å². The highest BCUT2D eigenvalue weighted by molar-refractivity contribution is 5.79. The van der Waals surface area contributed by atoms with Crippen LogP contribution in [0.5, 0.6) is 5.75 Å². The molecule has 1 aliphatic rings. The Morgan fingerprint density at radius 3 is 2.94 bits per heavy atom. The average Bonchev–Trinajstić information content (AvgIpc) is 2.40. The van der Waals surface area contributed by atoms with E-state index in [-0.39, 0.29) is 7.43 Å². The Kier molecular flexibility index (Phi) is 5.44. The quantitative estimate of drug-likeness (QED) is 0.692. The number of hydrogen-bond acceptors (Lipinski definition) is 1. The van der Waals surface area contributed by atoms with E-state index >= 15 is 0 Å². The average molecular weight is 242 g/mol. The van der Waals surface area contributed by atoms with E-state index in [1.54, 1.807) is 0 Å². The number of ether oxygens (including phenoxy) is 1. The van der Waals surface area contributed by atoms with Gasteiger partial charge in [-0.1, -0.05) is 56.5 Å². The highest BCUT2D eigenvalue weighted by Gasteiger charge is 2.15. The molecule has 0 N–H and O–H groups in total. The fourth-order valence-electron chi connectivity index (χ4n) is 2.08. The number of aryl methyl sites for hydroxylation is 1. The first-order chi connectivity index (χ1) is 8.36. The first-order valence-corrected chi connectivity index (χ1v) is 6.07. The highest BCUT2D eigenvalue weighted by atomic mass is 16.5. The number of para-hydroxylation sites is 1. The van der Waals surface area contributed by atoms with Crippen LogP contribution >= 0.6 is 0 Å². The smallest absolute Gasteiger partial charge is 0.130 e. The van der Waals surface area contributed by atoms with E-state index in [1.807, 2.05) is 25.2 Å². The third kappa shape index (κ3) is 2.92. The van der Waals surface area contributed by atoms with Crippen LogP contribution in [0.15, 0.2) is 49.1 Å². The molecule has 0 saturated heterocycles. The summed E-state index contributed by atoms with van der Waals surface area (Å²) in [7, 11) is 0. The van der Waals surface area contributed by atoms with E-state index in [2.05, 4.69) is 30.9 Å². The molecule has 1 nitrogen and oxygen atoms in total. The summed E-state index contributed by atoms with van der Waals surface area (Å²) in [6.07, 6.45) is 10.2. The molecule has 1 heteroatoms. The molecule has 0 amide bonds. The van der Waals surface area contributed by atoms with Gasteiger partial charge < -0.3 is 4.74 Å². The van der Waals surface area contributed by atoms with Gasteiger partial charge in [0, 0.05) is 5.56 Å². The summed E-state index contributed by atoms with van der Waals surface area (Å²) < 4.78 is 5.80. The molecule has 1 aromatic rings. The second kappa shape index (κ2) is 6.85. The summed E-state index contributed by atoms with van der Waals surface area (Å²) in [5, 5.41) is 0. The fraction of sp³-hybridized carbons (Fsp3) is 0.294. The van der Waals surface area contributed by atoms with Gasteiger partial charge in [0.05, 0.1) is 6.61 Å². The molecular formula is C17H22O. The second-order valence-corrected chi connectivity index (χ2v) is 4.10. The molecule has 0 saturated carbocycles. The molecule has 0 radical (unpaired) electrons. The zero-order chi connectivity index (χ0) is 12.1. The molecule has 1 aromatic carbocycles. The third-order valence-electron chi connectivity index (χ3n) is 2.93. The van der Waals surface area contributed by atoms with Crippen molar-refractivity contribution < 1.29 is 4.74 Å². The van der Waals surface area contributed by atoms with E-state index in [0.717, 1.165) is 36.3 Å². The maximum Gasteiger partial charge on any atom is 0.130 e. The monoisotopic (exact) mass is 242 g/mol. The predicted octanol–water partition coefficient (Wildman–Crippen LogP) is 4.79. The standard InChI is InChI=1S/C16H18O.CH4/c1-3-5-8-13(4-2)15-11-6-9-14-10-7-12-17-16(14)15;/h3-6,8-9,11H,2,7,10,12H2,1H3;1H4/b5-3-,13-8+;. The maximum absolute atomic E-state index is 5.80. The van der Waals surface area contributed by atoms with Crippen molar-refractivity contribution in [2.45, 2.75) is 27.2 Å². The van der Waals surface area contributed by atoms with Gasteiger partial charge >= 0.3 is 0 Å². The maximum atomic E-state index is 5.80. The Hall–Kier alpha value is -1.76. The van der Waals surface area contributed by atoms with Crippen molar-refractivity contribution in [3.05, 3.63) is 60.2 Å². The topological polar surface area (TPSA) is 9.23 Å². The van der Waals surface area contributed by atoms with E-state index in [4.69, 9.17) is 4.74 Å². The highest BCUT2D eigenvalue weighted by Crippen LogP contribution is 2.33. The molecule has 0 bridgehead atoms. The molecule has 1 heterocycles. The number of benzene rings is 1. The van der Waals surface area contributed by atoms with Gasteiger partial charge in [0.1, 0.15) is 5.75 Å². The van der Waals surface area contributed by atoms with E-state index < -0.39 is 0 Å². The van der Waals surface area contributed by atoms with E-state index in [1.165, 1.54) is 5.56 Å². The van der Waals surface area contributed by atoms with E-state index in [9.17, 15) is 0 Å². The van der Waals surface area contributed by atoms with Gasteiger partial charge in [-0.3, -0.25) is 0 Å². The largest absolute Gasteiger partial charge is 0.493 e. The van der Waals surface area contributed by atoms with Gasteiger partial charge in [-0.25, -0.2) is 0 Å². The lowest BCUT2D eigenvalue weighted by molar-refractivity contribution is 0.287. The van der Waals surface area contributed by atoms with Crippen LogP contribution in [0.1, 0.15) is 31.9 Å². The van der Waals surface area contributed by atoms with Crippen molar-refractivity contribution in [1.29, 1.82) is 0 Å². The van der Waals surface area contributed by atoms with E-state index in [0.29, 0.717) is 0 Å². The van der Waals surface area contributed by atoms with Crippen molar-refractivity contribution in [1.82, 2.24) is 0 Å². The van der Waals surface area contributed by atoms with Crippen LogP contribution in [0, 0.1) is 0 Å². The van der Waals surface area contributed by atoms with Gasteiger partial charge in [0.15, 0.2) is 0 Å². The summed E-state index contributed by atoms with van der Waals surface area (Å²) in [6, 6.07) is 6.34. The van der Waals surface area contributed by atoms with Crippen molar-refractivity contribution in [2.24, 2.45) is 0 Å². The van der Waals surface area contributed by atoms with Gasteiger partial charge in [-0.05, 0) is 30.9 Å². The van der Waals surface area contributed by atoms with Crippen molar-refractivity contribution in [2.75, 3.05) is 6.61 Å². The van der Waals surface area contributed by atoms with Gasteiger partial charge in [-0.2, -0.15) is 0 Å². The van der Waals surface area contributed by atoms with Crippen LogP contribution < -0.4 is 4.74 Å². The van der Waals surface area contributed by atoms with Gasteiger partial charge in [0.25, 0.3) is 0 Å². The van der Waals surface area contributed by atoms with Gasteiger partial charge in [0.2, 0.25) is 0 Å². The molecule has 0 unspecified atom stereocenters. The first kappa shape index (κ1) is 14.3. The first-order valence-electron chi connectivity index (χ1n) is 6.07. The molecule has 0 spiro atoms. The Morgan fingerprint density at radius 2 is 2.22 bits per heavy atom. The van der Waals surface area contributed by atoms with Crippen molar-refractivity contribution in [3.63, 3.8) is 0 Å². The summed E-state index contributed by atoms with van der Waals surface area (Å²) in [4.78, 5) is 0. The normalized spacial score (nSPS) is 14.6. The summed E-state index contributed by atoms with van der Waals surface area (Å²) in [6.45, 7) is 6.71. The Balaban J connectivity index is 0.00000162. The zero-order valence-electron chi connectivity index (χ0n) is 10.3. The molecule has 0 aromatic heterocycles. The number of rotatable bonds is 3. The Morgan fingerprint density at radius 1 is 1.39 bits per heavy atom. The van der Waals surface area contributed by atoms with Gasteiger partial charge in [-0.15, -0.1) is 0 Å². The van der Waals surface area contributed by atoms with Crippen LogP contribution in [-0.2, 0) is 6.42 Å². The zero-order valence-corrected chi connectivity index (χ0v) is 10.3. The molecule has 96 valence electrons. The fourth-order valence-corrected chi connectivity index (χ4v) is 2.08. The molecule has 18 heavy (non-hydrogen) atoms. The number of allylic oxidation sites excluding steroid dienone is 5. The molecule has 1 aliphatic heterocycles. The Bertz CT molecular complexity index is 466. The predicted molar refractivity (Wildman–Crippen MR) is 80.0 cm³/mol. The SMILES string of the molecule is C.C=C/C(=C\C=C/C)c1cccc2c1OCCC2. The second-order valence-electron chi connectivity index (χ2n) is 4.10. The minimum absolute atomic E-state index is 0. The van der Waals surface area contributed by atoms with Crippen LogP contribution in [0.2, 0.25) is 0 Å². The lowest BCUT2D eigenvalue weighted by Gasteiger charge is -2.20. The van der Waals surface area contributed by atoms with Crippen LogP contribution in [0.4, 0.5) is 0 Å².